The molecule has 0 amide bonds. The van der Waals surface area contributed by atoms with Crippen LogP contribution >= 0.6 is 0 Å². The quantitative estimate of drug-likeness (QED) is 0.301. The molecule has 0 aromatic heterocycles. The Morgan fingerprint density at radius 3 is 2.61 bits per heavy atom. The van der Waals surface area contributed by atoms with Crippen LogP contribution in [0.1, 0.15) is 88.7 Å². The summed E-state index contributed by atoms with van der Waals surface area (Å²) in [6.07, 6.45) is 14.5. The van der Waals surface area contributed by atoms with E-state index in [1.165, 1.54) is 68.9 Å². The van der Waals surface area contributed by atoms with Gasteiger partial charge in [-0.05, 0) is 87.2 Å². The lowest BCUT2D eigenvalue weighted by molar-refractivity contribution is -0.278. The Morgan fingerprint density at radius 1 is 0.972 bits per heavy atom. The summed E-state index contributed by atoms with van der Waals surface area (Å²) in [5, 5.41) is 0. The van der Waals surface area contributed by atoms with E-state index in [4.69, 9.17) is 23.7 Å². The lowest BCUT2D eigenvalue weighted by Crippen LogP contribution is -2.77. The first-order valence-corrected chi connectivity index (χ1v) is 14.7. The Kier molecular flexibility index (Phi) is 6.79. The normalized spacial score (nSPS) is 37.0. The SMILES string of the molecule is CCCCOCCCCCOCC1CC23CCC1(OC)C1Oc4c(OC)ccc5c4C12CCCC3C5. The highest BCUT2D eigenvalue weighted by molar-refractivity contribution is 5.63. The molecule has 0 N–H and O–H groups in total. The van der Waals surface area contributed by atoms with Crippen molar-refractivity contribution in [1.29, 1.82) is 0 Å². The van der Waals surface area contributed by atoms with Crippen LogP contribution in [0.15, 0.2) is 12.1 Å². The lowest BCUT2D eigenvalue weighted by Gasteiger charge is -2.72. The van der Waals surface area contributed by atoms with E-state index in [1.54, 1.807) is 7.11 Å². The van der Waals surface area contributed by atoms with Crippen LogP contribution < -0.4 is 9.47 Å². The fourth-order valence-corrected chi connectivity index (χ4v) is 9.45. The second kappa shape index (κ2) is 9.78. The van der Waals surface area contributed by atoms with Crippen LogP contribution in [0.3, 0.4) is 0 Å². The molecule has 6 unspecified atom stereocenters. The van der Waals surface area contributed by atoms with Gasteiger partial charge >= 0.3 is 0 Å². The van der Waals surface area contributed by atoms with Crippen LogP contribution in [0.5, 0.6) is 11.5 Å². The van der Waals surface area contributed by atoms with Crippen molar-refractivity contribution >= 4 is 0 Å². The Labute approximate surface area is 217 Å². The summed E-state index contributed by atoms with van der Waals surface area (Å²) >= 11 is 0. The van der Waals surface area contributed by atoms with Crippen LogP contribution in [0.2, 0.25) is 0 Å². The molecule has 1 heterocycles. The molecule has 1 aromatic rings. The van der Waals surface area contributed by atoms with E-state index in [0.717, 1.165) is 63.1 Å². The van der Waals surface area contributed by atoms with E-state index in [9.17, 15) is 0 Å². The topological polar surface area (TPSA) is 46.2 Å². The first kappa shape index (κ1) is 25.0. The maximum atomic E-state index is 7.03. The monoisotopic (exact) mass is 498 g/mol. The predicted molar refractivity (Wildman–Crippen MR) is 140 cm³/mol. The summed E-state index contributed by atoms with van der Waals surface area (Å²) in [5.41, 5.74) is 3.11. The van der Waals surface area contributed by atoms with Gasteiger partial charge in [0.15, 0.2) is 11.5 Å². The van der Waals surface area contributed by atoms with E-state index in [1.807, 2.05) is 7.11 Å². The summed E-state index contributed by atoms with van der Waals surface area (Å²) in [4.78, 5) is 0. The number of unbranched alkanes of at least 4 members (excludes halogenated alkanes) is 3. The van der Waals surface area contributed by atoms with Gasteiger partial charge in [-0.3, -0.25) is 0 Å². The molecule has 4 fully saturated rings. The molecule has 1 aromatic carbocycles. The van der Waals surface area contributed by atoms with Crippen molar-refractivity contribution in [3.63, 3.8) is 0 Å². The van der Waals surface area contributed by atoms with Crippen LogP contribution in [0.25, 0.3) is 0 Å². The van der Waals surface area contributed by atoms with Gasteiger partial charge in [0, 0.05) is 43.8 Å². The fourth-order valence-electron chi connectivity index (χ4n) is 9.45. The molecule has 5 heteroatoms. The third-order valence-electron chi connectivity index (χ3n) is 10.9. The van der Waals surface area contributed by atoms with Crippen molar-refractivity contribution in [3.05, 3.63) is 23.3 Å². The zero-order chi connectivity index (χ0) is 24.8. The minimum atomic E-state index is -0.282. The molecule has 4 saturated carbocycles. The van der Waals surface area contributed by atoms with Gasteiger partial charge in [-0.25, -0.2) is 0 Å². The Balaban J connectivity index is 1.19. The molecule has 200 valence electrons. The van der Waals surface area contributed by atoms with Crippen LogP contribution in [0.4, 0.5) is 0 Å². The zero-order valence-corrected chi connectivity index (χ0v) is 22.7. The first-order chi connectivity index (χ1) is 17.7. The highest BCUT2D eigenvalue weighted by Gasteiger charge is 2.79. The van der Waals surface area contributed by atoms with Gasteiger partial charge in [0.25, 0.3) is 0 Å². The average molecular weight is 499 g/mol. The molecular weight excluding hydrogens is 452 g/mol. The maximum absolute atomic E-state index is 7.03. The summed E-state index contributed by atoms with van der Waals surface area (Å²) < 4.78 is 31.5. The van der Waals surface area contributed by atoms with Gasteiger partial charge in [-0.15, -0.1) is 0 Å². The minimum absolute atomic E-state index is 0.0690. The molecule has 6 aliphatic rings. The summed E-state index contributed by atoms with van der Waals surface area (Å²) in [6.45, 7) is 5.60. The zero-order valence-electron chi connectivity index (χ0n) is 22.7. The molecule has 4 bridgehead atoms. The van der Waals surface area contributed by atoms with E-state index in [0.29, 0.717) is 11.3 Å². The third-order valence-corrected chi connectivity index (χ3v) is 10.9. The van der Waals surface area contributed by atoms with Gasteiger partial charge in [-0.2, -0.15) is 0 Å². The molecule has 1 aliphatic heterocycles. The van der Waals surface area contributed by atoms with E-state index < -0.39 is 0 Å². The van der Waals surface area contributed by atoms with E-state index in [2.05, 4.69) is 19.1 Å². The van der Waals surface area contributed by atoms with Gasteiger partial charge in [0.2, 0.25) is 0 Å². The van der Waals surface area contributed by atoms with E-state index in [-0.39, 0.29) is 17.1 Å². The number of rotatable bonds is 13. The van der Waals surface area contributed by atoms with Gasteiger partial charge in [0.05, 0.1) is 13.7 Å². The number of hydrogen-bond donors (Lipinski definition) is 0. The lowest BCUT2D eigenvalue weighted by atomic mass is 9.33. The Bertz CT molecular complexity index is 947. The molecule has 5 aliphatic carbocycles. The minimum Gasteiger partial charge on any atom is -0.493 e. The van der Waals surface area contributed by atoms with Crippen molar-refractivity contribution in [3.8, 4) is 11.5 Å². The molecule has 0 saturated heterocycles. The number of fused-ring (bicyclic) bond motifs is 2. The highest BCUT2D eigenvalue weighted by Crippen LogP contribution is 2.78. The van der Waals surface area contributed by atoms with E-state index >= 15 is 0 Å². The van der Waals surface area contributed by atoms with Crippen LogP contribution in [-0.4, -0.2) is 52.4 Å². The van der Waals surface area contributed by atoms with Gasteiger partial charge < -0.3 is 23.7 Å². The molecule has 5 nitrogen and oxygen atoms in total. The number of methoxy groups -OCH3 is 2. The predicted octanol–water partition coefficient (Wildman–Crippen LogP) is 6.24. The van der Waals surface area contributed by atoms with Crippen molar-refractivity contribution in [2.24, 2.45) is 17.3 Å². The second-order valence-electron chi connectivity index (χ2n) is 12.2. The maximum Gasteiger partial charge on any atom is 0.165 e. The van der Waals surface area contributed by atoms with Crippen molar-refractivity contribution in [2.75, 3.05) is 40.6 Å². The van der Waals surface area contributed by atoms with Gasteiger partial charge in [0.1, 0.15) is 11.7 Å². The van der Waals surface area contributed by atoms with Crippen molar-refractivity contribution in [2.45, 2.75) is 101 Å². The molecule has 7 rings (SSSR count). The summed E-state index contributed by atoms with van der Waals surface area (Å²) in [5.74, 6) is 3.05. The smallest absolute Gasteiger partial charge is 0.165 e. The van der Waals surface area contributed by atoms with Gasteiger partial charge in [-0.1, -0.05) is 25.8 Å². The standard InChI is InChI=1S/C31H46O5/c1-4-5-16-34-17-7-6-8-18-35-21-24-20-29-14-15-31(24,33-3)28-30(29)13-9-10-23(29)19-22-11-12-25(32-2)27(36-28)26(22)30/h11-12,23-24,28H,4-10,13-21H2,1-3H3. The van der Waals surface area contributed by atoms with Crippen LogP contribution in [0, 0.1) is 17.3 Å². The summed E-state index contributed by atoms with van der Waals surface area (Å²) in [7, 11) is 3.70. The third kappa shape index (κ3) is 3.37. The number of hydrogen-bond acceptors (Lipinski definition) is 5. The van der Waals surface area contributed by atoms with Crippen molar-refractivity contribution < 1.29 is 23.7 Å². The van der Waals surface area contributed by atoms with Crippen molar-refractivity contribution in [1.82, 2.24) is 0 Å². The molecular formula is C31H46O5. The fraction of sp³-hybridized carbons (Fsp3) is 0.806. The second-order valence-corrected chi connectivity index (χ2v) is 12.2. The van der Waals surface area contributed by atoms with Crippen LogP contribution in [-0.2, 0) is 26.0 Å². The molecule has 0 radical (unpaired) electrons. The first-order valence-electron chi connectivity index (χ1n) is 14.7. The molecule has 2 spiro atoms. The summed E-state index contributed by atoms with van der Waals surface area (Å²) in [6, 6.07) is 4.46. The number of ether oxygens (including phenoxy) is 5. The Morgan fingerprint density at radius 2 is 1.81 bits per heavy atom. The average Bonchev–Trinajstić information content (AvgIpc) is 3.26. The largest absolute Gasteiger partial charge is 0.493 e. The highest BCUT2D eigenvalue weighted by atomic mass is 16.6. The molecule has 36 heavy (non-hydrogen) atoms. The number of benzene rings is 1. The Hall–Kier alpha value is -1.30. The molecule has 6 atom stereocenters.